The lowest BCUT2D eigenvalue weighted by Gasteiger charge is -2.09. The average Bonchev–Trinajstić information content (AvgIpc) is 2.05. The maximum atomic E-state index is 8.83. The molecule has 68 valence electrons. The third kappa shape index (κ3) is 6.32. The molecule has 2 heteroatoms. The SMILES string of the molecule is CC[C@H](CO)CCCCCO. The number of aliphatic hydroxyl groups excluding tert-OH is 2. The molecule has 0 rings (SSSR count). The number of aliphatic hydroxyl groups is 2. The van der Waals surface area contributed by atoms with E-state index in [1.807, 2.05) is 0 Å². The molecule has 1 atom stereocenters. The van der Waals surface area contributed by atoms with Crippen molar-refractivity contribution in [2.75, 3.05) is 13.2 Å². The Morgan fingerprint density at radius 1 is 1.09 bits per heavy atom. The number of unbranched alkanes of at least 4 members (excludes halogenated alkanes) is 2. The molecule has 0 spiro atoms. The molecule has 0 amide bonds. The van der Waals surface area contributed by atoms with E-state index in [4.69, 9.17) is 10.2 Å². The molecule has 2 N–H and O–H groups in total. The minimum atomic E-state index is 0.302. The fourth-order valence-electron chi connectivity index (χ4n) is 1.15. The number of hydrogen-bond donors (Lipinski definition) is 2. The van der Waals surface area contributed by atoms with Crippen LogP contribution in [0.4, 0.5) is 0 Å². The van der Waals surface area contributed by atoms with Gasteiger partial charge in [0.15, 0.2) is 0 Å². The molecule has 0 aromatic heterocycles. The lowest BCUT2D eigenvalue weighted by Crippen LogP contribution is -2.04. The van der Waals surface area contributed by atoms with Gasteiger partial charge in [0, 0.05) is 13.2 Å². The molecule has 0 fully saturated rings. The van der Waals surface area contributed by atoms with E-state index in [1.165, 1.54) is 0 Å². The molecule has 0 aromatic rings. The van der Waals surface area contributed by atoms with Gasteiger partial charge in [-0.3, -0.25) is 0 Å². The topological polar surface area (TPSA) is 40.5 Å². The van der Waals surface area contributed by atoms with Gasteiger partial charge in [0.2, 0.25) is 0 Å². The molecule has 0 saturated heterocycles. The van der Waals surface area contributed by atoms with E-state index in [0.717, 1.165) is 32.1 Å². The van der Waals surface area contributed by atoms with Crippen molar-refractivity contribution in [3.8, 4) is 0 Å². The summed E-state index contributed by atoms with van der Waals surface area (Å²) < 4.78 is 0. The van der Waals surface area contributed by atoms with Crippen molar-refractivity contribution in [2.45, 2.75) is 39.0 Å². The third-order valence-corrected chi connectivity index (χ3v) is 2.11. The second-order valence-corrected chi connectivity index (χ2v) is 3.03. The predicted octanol–water partition coefficient (Wildman–Crippen LogP) is 1.56. The molecule has 2 nitrogen and oxygen atoms in total. The summed E-state index contributed by atoms with van der Waals surface area (Å²) >= 11 is 0. The minimum Gasteiger partial charge on any atom is -0.396 e. The summed E-state index contributed by atoms with van der Waals surface area (Å²) in [5.74, 6) is 0.480. The van der Waals surface area contributed by atoms with Gasteiger partial charge in [0.05, 0.1) is 0 Å². The summed E-state index contributed by atoms with van der Waals surface area (Å²) in [6.07, 6.45) is 5.30. The van der Waals surface area contributed by atoms with Crippen LogP contribution >= 0.6 is 0 Å². The standard InChI is InChI=1S/C9H20O2/c1-2-9(8-11)6-4-3-5-7-10/h9-11H,2-8H2,1H3/t9-/m0/s1. The second kappa shape index (κ2) is 8.02. The lowest BCUT2D eigenvalue weighted by atomic mass is 10.00. The third-order valence-electron chi connectivity index (χ3n) is 2.11. The first-order chi connectivity index (χ1) is 5.35. The molecule has 0 heterocycles. The highest BCUT2D eigenvalue weighted by molar-refractivity contribution is 4.54. The highest BCUT2D eigenvalue weighted by Crippen LogP contribution is 2.12. The van der Waals surface area contributed by atoms with Gasteiger partial charge < -0.3 is 10.2 Å². The Morgan fingerprint density at radius 2 is 1.82 bits per heavy atom. The fraction of sp³-hybridized carbons (Fsp3) is 1.00. The zero-order chi connectivity index (χ0) is 8.53. The molecule has 0 bridgehead atoms. The molecule has 0 aromatic carbocycles. The van der Waals surface area contributed by atoms with Crippen molar-refractivity contribution in [2.24, 2.45) is 5.92 Å². The first-order valence-corrected chi connectivity index (χ1v) is 4.56. The summed E-state index contributed by atoms with van der Waals surface area (Å²) in [6.45, 7) is 2.72. The summed E-state index contributed by atoms with van der Waals surface area (Å²) in [5.41, 5.74) is 0. The molecule has 0 radical (unpaired) electrons. The first-order valence-electron chi connectivity index (χ1n) is 4.56. The molecule has 0 unspecified atom stereocenters. The van der Waals surface area contributed by atoms with E-state index in [1.54, 1.807) is 0 Å². The predicted molar refractivity (Wildman–Crippen MR) is 46.4 cm³/mol. The molecular weight excluding hydrogens is 140 g/mol. The largest absolute Gasteiger partial charge is 0.396 e. The second-order valence-electron chi connectivity index (χ2n) is 3.03. The van der Waals surface area contributed by atoms with Crippen LogP contribution < -0.4 is 0 Å². The summed E-state index contributed by atoms with van der Waals surface area (Å²) in [7, 11) is 0. The van der Waals surface area contributed by atoms with Crippen molar-refractivity contribution in [3.63, 3.8) is 0 Å². The van der Waals surface area contributed by atoms with Crippen LogP contribution in [0, 0.1) is 5.92 Å². The smallest absolute Gasteiger partial charge is 0.0459 e. The molecule has 0 aliphatic carbocycles. The summed E-state index contributed by atoms with van der Waals surface area (Å²) in [4.78, 5) is 0. The van der Waals surface area contributed by atoms with Crippen molar-refractivity contribution in [1.29, 1.82) is 0 Å². The van der Waals surface area contributed by atoms with Crippen LogP contribution in [0.5, 0.6) is 0 Å². The van der Waals surface area contributed by atoms with Crippen LogP contribution in [-0.4, -0.2) is 23.4 Å². The Bertz CT molecular complexity index is 70.0. The van der Waals surface area contributed by atoms with Crippen LogP contribution in [0.15, 0.2) is 0 Å². The average molecular weight is 160 g/mol. The molecule has 0 aliphatic rings. The number of hydrogen-bond acceptors (Lipinski definition) is 2. The van der Waals surface area contributed by atoms with E-state index >= 15 is 0 Å². The van der Waals surface area contributed by atoms with Gasteiger partial charge in [-0.2, -0.15) is 0 Å². The van der Waals surface area contributed by atoms with Gasteiger partial charge in [-0.15, -0.1) is 0 Å². The van der Waals surface area contributed by atoms with Crippen LogP contribution in [-0.2, 0) is 0 Å². The van der Waals surface area contributed by atoms with Crippen molar-refractivity contribution >= 4 is 0 Å². The Labute approximate surface area is 69.2 Å². The Morgan fingerprint density at radius 3 is 2.27 bits per heavy atom. The van der Waals surface area contributed by atoms with E-state index in [9.17, 15) is 0 Å². The fourth-order valence-corrected chi connectivity index (χ4v) is 1.15. The zero-order valence-corrected chi connectivity index (χ0v) is 7.42. The molecular formula is C9H20O2. The molecule has 0 aliphatic heterocycles. The Hall–Kier alpha value is -0.0800. The number of rotatable bonds is 7. The van der Waals surface area contributed by atoms with Crippen molar-refractivity contribution < 1.29 is 10.2 Å². The monoisotopic (exact) mass is 160 g/mol. The summed E-state index contributed by atoms with van der Waals surface area (Å²) in [6, 6.07) is 0. The van der Waals surface area contributed by atoms with Gasteiger partial charge in [0.25, 0.3) is 0 Å². The van der Waals surface area contributed by atoms with E-state index < -0.39 is 0 Å². The van der Waals surface area contributed by atoms with E-state index in [-0.39, 0.29) is 0 Å². The maximum absolute atomic E-state index is 8.83. The lowest BCUT2D eigenvalue weighted by molar-refractivity contribution is 0.209. The van der Waals surface area contributed by atoms with Crippen LogP contribution in [0.2, 0.25) is 0 Å². The van der Waals surface area contributed by atoms with Gasteiger partial charge in [-0.1, -0.05) is 26.2 Å². The zero-order valence-electron chi connectivity index (χ0n) is 7.42. The van der Waals surface area contributed by atoms with Gasteiger partial charge >= 0.3 is 0 Å². The maximum Gasteiger partial charge on any atom is 0.0459 e. The van der Waals surface area contributed by atoms with Gasteiger partial charge in [0.1, 0.15) is 0 Å². The highest BCUT2D eigenvalue weighted by Gasteiger charge is 2.02. The Kier molecular flexibility index (Phi) is 7.96. The van der Waals surface area contributed by atoms with E-state index in [0.29, 0.717) is 19.1 Å². The van der Waals surface area contributed by atoms with Crippen molar-refractivity contribution in [3.05, 3.63) is 0 Å². The van der Waals surface area contributed by atoms with E-state index in [2.05, 4.69) is 6.92 Å². The van der Waals surface area contributed by atoms with Crippen LogP contribution in [0.1, 0.15) is 39.0 Å². The molecule has 11 heavy (non-hydrogen) atoms. The van der Waals surface area contributed by atoms with Crippen LogP contribution in [0.25, 0.3) is 0 Å². The normalized spacial score (nSPS) is 13.4. The quantitative estimate of drug-likeness (QED) is 0.555. The van der Waals surface area contributed by atoms with Gasteiger partial charge in [-0.05, 0) is 18.8 Å². The van der Waals surface area contributed by atoms with Crippen molar-refractivity contribution in [1.82, 2.24) is 0 Å². The Balaban J connectivity index is 3.07. The summed E-state index contributed by atoms with van der Waals surface area (Å²) in [5, 5.41) is 17.3. The molecule has 0 saturated carbocycles. The van der Waals surface area contributed by atoms with Gasteiger partial charge in [-0.25, -0.2) is 0 Å². The first kappa shape index (κ1) is 10.9. The van der Waals surface area contributed by atoms with Crippen LogP contribution in [0.3, 0.4) is 0 Å². The minimum absolute atomic E-state index is 0.302. The highest BCUT2D eigenvalue weighted by atomic mass is 16.3.